The van der Waals surface area contributed by atoms with Crippen molar-refractivity contribution in [2.45, 2.75) is 6.92 Å². The van der Waals surface area contributed by atoms with E-state index in [0.717, 1.165) is 16.9 Å². The largest absolute Gasteiger partial charge is 0.339 e. The Morgan fingerprint density at radius 2 is 1.73 bits per heavy atom. The number of hydrogen-bond donors (Lipinski definition) is 2. The van der Waals surface area contributed by atoms with Gasteiger partial charge in [-0.25, -0.2) is 0 Å². The number of halogens is 1. The van der Waals surface area contributed by atoms with E-state index in [1.165, 1.54) is 0 Å². The van der Waals surface area contributed by atoms with Gasteiger partial charge in [-0.05, 0) is 42.8 Å². The first kappa shape index (κ1) is 14.3. The summed E-state index contributed by atoms with van der Waals surface area (Å²) >= 11 is 5.86. The fourth-order valence-corrected chi connectivity index (χ4v) is 2.06. The van der Waals surface area contributed by atoms with E-state index in [0.29, 0.717) is 16.8 Å². The number of para-hydroxylation sites is 1. The molecule has 3 rings (SSSR count). The second-order valence-corrected chi connectivity index (χ2v) is 5.17. The molecule has 0 saturated heterocycles. The smallest absolute Gasteiger partial charge is 0.249 e. The van der Waals surface area contributed by atoms with Crippen molar-refractivity contribution in [1.82, 2.24) is 15.2 Å². The molecule has 0 spiro atoms. The van der Waals surface area contributed by atoms with Crippen molar-refractivity contribution >= 4 is 34.7 Å². The fraction of sp³-hybridized carbons (Fsp3) is 0.0625. The normalized spacial score (nSPS) is 10.3. The molecule has 3 aromatic rings. The molecule has 22 heavy (non-hydrogen) atoms. The summed E-state index contributed by atoms with van der Waals surface area (Å²) < 4.78 is 0. The topological polar surface area (TPSA) is 62.7 Å². The standard InChI is InChI=1S/C16H14ClN5/c1-11-4-2-3-5-14(11)20-15-10-18-22-16(21-15)19-13-8-6-12(17)7-9-13/h2-10H,1H3,(H2,19,20,21,22). The van der Waals surface area contributed by atoms with Crippen molar-refractivity contribution in [3.05, 3.63) is 65.3 Å². The zero-order chi connectivity index (χ0) is 15.4. The third kappa shape index (κ3) is 3.51. The van der Waals surface area contributed by atoms with Gasteiger partial charge < -0.3 is 10.6 Å². The minimum Gasteiger partial charge on any atom is -0.339 e. The number of benzene rings is 2. The van der Waals surface area contributed by atoms with E-state index in [1.807, 2.05) is 43.3 Å². The van der Waals surface area contributed by atoms with Crippen molar-refractivity contribution < 1.29 is 0 Å². The van der Waals surface area contributed by atoms with Crippen molar-refractivity contribution in [2.75, 3.05) is 10.6 Å². The van der Waals surface area contributed by atoms with Gasteiger partial charge in [-0.1, -0.05) is 29.8 Å². The number of hydrogen-bond acceptors (Lipinski definition) is 5. The molecule has 0 fully saturated rings. The molecule has 1 heterocycles. The number of aromatic nitrogens is 3. The van der Waals surface area contributed by atoms with Crippen LogP contribution in [0.5, 0.6) is 0 Å². The van der Waals surface area contributed by atoms with Crippen LogP contribution in [-0.4, -0.2) is 15.2 Å². The van der Waals surface area contributed by atoms with E-state index in [-0.39, 0.29) is 0 Å². The number of rotatable bonds is 4. The van der Waals surface area contributed by atoms with Crippen LogP contribution < -0.4 is 10.6 Å². The molecule has 6 heteroatoms. The lowest BCUT2D eigenvalue weighted by atomic mass is 10.2. The summed E-state index contributed by atoms with van der Waals surface area (Å²) in [7, 11) is 0. The van der Waals surface area contributed by atoms with Gasteiger partial charge in [-0.2, -0.15) is 10.1 Å². The Hall–Kier alpha value is -2.66. The van der Waals surface area contributed by atoms with E-state index >= 15 is 0 Å². The maximum atomic E-state index is 5.86. The van der Waals surface area contributed by atoms with Crippen molar-refractivity contribution in [1.29, 1.82) is 0 Å². The maximum absolute atomic E-state index is 5.86. The first-order valence-corrected chi connectivity index (χ1v) is 7.13. The lowest BCUT2D eigenvalue weighted by molar-refractivity contribution is 0.982. The molecule has 0 amide bonds. The average Bonchev–Trinajstić information content (AvgIpc) is 2.52. The molecule has 0 unspecified atom stereocenters. The van der Waals surface area contributed by atoms with Gasteiger partial charge in [0.1, 0.15) is 0 Å². The second kappa shape index (κ2) is 6.41. The molecular weight excluding hydrogens is 298 g/mol. The van der Waals surface area contributed by atoms with Crippen LogP contribution in [-0.2, 0) is 0 Å². The predicted octanol–water partition coefficient (Wildman–Crippen LogP) is 4.32. The molecule has 1 aromatic heterocycles. The molecule has 0 bridgehead atoms. The number of aryl methyl sites for hydroxylation is 1. The summed E-state index contributed by atoms with van der Waals surface area (Å²) in [6, 6.07) is 15.3. The molecule has 110 valence electrons. The lowest BCUT2D eigenvalue weighted by Crippen LogP contribution is -2.02. The Balaban J connectivity index is 1.78. The Bertz CT molecular complexity index is 773. The summed E-state index contributed by atoms with van der Waals surface area (Å²) in [5.74, 6) is 1.04. The molecule has 0 aliphatic carbocycles. The maximum Gasteiger partial charge on any atom is 0.249 e. The SMILES string of the molecule is Cc1ccccc1Nc1cnnc(Nc2ccc(Cl)cc2)n1. The minimum atomic E-state index is 0.418. The van der Waals surface area contributed by atoms with Crippen LogP contribution in [0.25, 0.3) is 0 Å². The summed E-state index contributed by atoms with van der Waals surface area (Å²) in [6.45, 7) is 2.03. The highest BCUT2D eigenvalue weighted by molar-refractivity contribution is 6.30. The molecule has 5 nitrogen and oxygen atoms in total. The molecular formula is C16H14ClN5. The molecule has 0 aliphatic heterocycles. The summed E-state index contributed by atoms with van der Waals surface area (Å²) in [4.78, 5) is 4.40. The van der Waals surface area contributed by atoms with Gasteiger partial charge >= 0.3 is 0 Å². The van der Waals surface area contributed by atoms with Crippen LogP contribution in [0.3, 0.4) is 0 Å². The van der Waals surface area contributed by atoms with E-state index in [1.54, 1.807) is 18.3 Å². The van der Waals surface area contributed by atoms with Crippen LogP contribution in [0.15, 0.2) is 54.7 Å². The summed E-state index contributed by atoms with van der Waals surface area (Å²) in [5, 5.41) is 14.9. The first-order chi connectivity index (χ1) is 10.7. The van der Waals surface area contributed by atoms with E-state index in [4.69, 9.17) is 11.6 Å². The monoisotopic (exact) mass is 311 g/mol. The average molecular weight is 312 g/mol. The fourth-order valence-electron chi connectivity index (χ4n) is 1.93. The molecule has 0 atom stereocenters. The summed E-state index contributed by atoms with van der Waals surface area (Å²) in [6.07, 6.45) is 1.58. The Labute approximate surface area is 133 Å². The van der Waals surface area contributed by atoms with Crippen LogP contribution in [0.4, 0.5) is 23.1 Å². The van der Waals surface area contributed by atoms with Gasteiger partial charge in [0.2, 0.25) is 5.95 Å². The van der Waals surface area contributed by atoms with Crippen LogP contribution in [0.2, 0.25) is 5.02 Å². The first-order valence-electron chi connectivity index (χ1n) is 6.76. The molecule has 0 radical (unpaired) electrons. The van der Waals surface area contributed by atoms with Gasteiger partial charge in [0.15, 0.2) is 5.82 Å². The molecule has 2 aromatic carbocycles. The summed E-state index contributed by atoms with van der Waals surface area (Å²) in [5.41, 5.74) is 2.97. The van der Waals surface area contributed by atoms with E-state index < -0.39 is 0 Å². The minimum absolute atomic E-state index is 0.418. The zero-order valence-corrected chi connectivity index (χ0v) is 12.7. The zero-order valence-electron chi connectivity index (χ0n) is 11.9. The van der Waals surface area contributed by atoms with Gasteiger partial charge in [0.25, 0.3) is 0 Å². The molecule has 2 N–H and O–H groups in total. The van der Waals surface area contributed by atoms with E-state index in [9.17, 15) is 0 Å². The van der Waals surface area contributed by atoms with Crippen LogP contribution in [0.1, 0.15) is 5.56 Å². The third-order valence-electron chi connectivity index (χ3n) is 3.07. The van der Waals surface area contributed by atoms with Crippen molar-refractivity contribution in [3.8, 4) is 0 Å². The van der Waals surface area contributed by atoms with Gasteiger partial charge in [0.05, 0.1) is 6.20 Å². The Morgan fingerprint density at radius 3 is 2.50 bits per heavy atom. The highest BCUT2D eigenvalue weighted by atomic mass is 35.5. The molecule has 0 aliphatic rings. The highest BCUT2D eigenvalue weighted by Gasteiger charge is 2.03. The number of nitrogens with zero attached hydrogens (tertiary/aromatic N) is 3. The highest BCUT2D eigenvalue weighted by Crippen LogP contribution is 2.20. The van der Waals surface area contributed by atoms with Crippen LogP contribution in [0, 0.1) is 6.92 Å². The van der Waals surface area contributed by atoms with Crippen molar-refractivity contribution in [2.24, 2.45) is 0 Å². The second-order valence-electron chi connectivity index (χ2n) is 4.74. The van der Waals surface area contributed by atoms with Gasteiger partial charge in [0, 0.05) is 16.4 Å². The number of nitrogens with one attached hydrogen (secondary N) is 2. The number of anilines is 4. The molecule has 0 saturated carbocycles. The quantitative estimate of drug-likeness (QED) is 0.751. The Kier molecular flexibility index (Phi) is 4.16. The van der Waals surface area contributed by atoms with Gasteiger partial charge in [-0.3, -0.25) is 0 Å². The predicted molar refractivity (Wildman–Crippen MR) is 89.0 cm³/mol. The Morgan fingerprint density at radius 1 is 0.955 bits per heavy atom. The lowest BCUT2D eigenvalue weighted by Gasteiger charge is -2.09. The van der Waals surface area contributed by atoms with Crippen molar-refractivity contribution in [3.63, 3.8) is 0 Å². The third-order valence-corrected chi connectivity index (χ3v) is 3.32. The van der Waals surface area contributed by atoms with Gasteiger partial charge in [-0.15, -0.1) is 5.10 Å². The van der Waals surface area contributed by atoms with E-state index in [2.05, 4.69) is 25.8 Å². The van der Waals surface area contributed by atoms with Crippen LogP contribution >= 0.6 is 11.6 Å².